The van der Waals surface area contributed by atoms with Gasteiger partial charge in [-0.05, 0) is 20.8 Å². The van der Waals surface area contributed by atoms with E-state index in [9.17, 15) is 4.79 Å². The number of hydrogen-bond acceptors (Lipinski definition) is 3. The van der Waals surface area contributed by atoms with E-state index in [2.05, 4.69) is 0 Å². The minimum atomic E-state index is -0.975. The summed E-state index contributed by atoms with van der Waals surface area (Å²) < 4.78 is 9.91. The maximum absolute atomic E-state index is 10.3. The van der Waals surface area contributed by atoms with Gasteiger partial charge in [0.2, 0.25) is 0 Å². The maximum Gasteiger partial charge on any atom is 2.00 e. The van der Waals surface area contributed by atoms with Crippen molar-refractivity contribution in [2.24, 2.45) is 0 Å². The van der Waals surface area contributed by atoms with Gasteiger partial charge >= 0.3 is 43.7 Å². The van der Waals surface area contributed by atoms with Gasteiger partial charge in [-0.3, -0.25) is 0 Å². The predicted molar refractivity (Wildman–Crippen MR) is 47.2 cm³/mol. The zero-order chi connectivity index (χ0) is 8.85. The van der Waals surface area contributed by atoms with E-state index >= 15 is 0 Å². The van der Waals surface area contributed by atoms with E-state index in [4.69, 9.17) is 14.6 Å². The van der Waals surface area contributed by atoms with Gasteiger partial charge in [0.25, 0.3) is 0 Å². The molecule has 70 valence electrons. The first-order chi connectivity index (χ1) is 5.07. The molecular formula is C7H16CaO4. The van der Waals surface area contributed by atoms with Crippen LogP contribution in [0.1, 0.15) is 23.6 Å². The summed E-state index contributed by atoms with van der Waals surface area (Å²) in [6.07, 6.45) is -1.26. The third-order valence-corrected chi connectivity index (χ3v) is 1.14. The molecule has 0 aliphatic heterocycles. The van der Waals surface area contributed by atoms with Gasteiger partial charge in [0, 0.05) is 6.61 Å². The Kier molecular flexibility index (Phi) is 10.4. The molecule has 5 heteroatoms. The number of aliphatic carboxylic acids is 1. The first kappa shape index (κ1) is 15.1. The molecule has 0 aromatic heterocycles. The van der Waals surface area contributed by atoms with Gasteiger partial charge in [0.05, 0.1) is 0 Å². The third kappa shape index (κ3) is 7.31. The Morgan fingerprint density at radius 3 is 2.42 bits per heavy atom. The molecule has 12 heavy (non-hydrogen) atoms. The first-order valence-electron chi connectivity index (χ1n) is 3.57. The molecule has 0 aliphatic carbocycles. The molecule has 0 radical (unpaired) electrons. The molecule has 2 atom stereocenters. The van der Waals surface area contributed by atoms with Crippen LogP contribution in [0.5, 0.6) is 0 Å². The summed E-state index contributed by atoms with van der Waals surface area (Å²) in [5.74, 6) is -0.975. The van der Waals surface area contributed by atoms with E-state index in [-0.39, 0.29) is 40.6 Å². The fourth-order valence-electron chi connectivity index (χ4n) is 0.620. The van der Waals surface area contributed by atoms with Crippen molar-refractivity contribution in [3.05, 3.63) is 0 Å². The fraction of sp³-hybridized carbons (Fsp3) is 0.857. The van der Waals surface area contributed by atoms with Crippen LogP contribution >= 0.6 is 0 Å². The van der Waals surface area contributed by atoms with Crippen LogP contribution in [0.3, 0.4) is 0 Å². The van der Waals surface area contributed by atoms with Gasteiger partial charge < -0.3 is 17.4 Å². The van der Waals surface area contributed by atoms with Crippen LogP contribution in [-0.2, 0) is 14.3 Å². The molecule has 2 unspecified atom stereocenters. The molecule has 0 amide bonds. The van der Waals surface area contributed by atoms with E-state index in [1.54, 1.807) is 6.92 Å². The molecule has 0 aliphatic rings. The molecule has 0 rings (SSSR count). The van der Waals surface area contributed by atoms with Crippen molar-refractivity contribution in [2.75, 3.05) is 6.61 Å². The Balaban J connectivity index is -0.000000167. The first-order valence-corrected chi connectivity index (χ1v) is 3.57. The van der Waals surface area contributed by atoms with Gasteiger partial charge in [-0.1, -0.05) is 0 Å². The molecule has 0 bridgehead atoms. The smallest absolute Gasteiger partial charge is 1.00 e. The second-order valence-electron chi connectivity index (χ2n) is 2.14. The Bertz CT molecular complexity index is 137. The van der Waals surface area contributed by atoms with Crippen molar-refractivity contribution in [3.8, 4) is 0 Å². The molecular weight excluding hydrogens is 188 g/mol. The van der Waals surface area contributed by atoms with Gasteiger partial charge in [0.15, 0.2) is 12.4 Å². The monoisotopic (exact) mass is 204 g/mol. The summed E-state index contributed by atoms with van der Waals surface area (Å²) in [6, 6.07) is 0. The molecule has 0 fully saturated rings. The summed E-state index contributed by atoms with van der Waals surface area (Å²) in [7, 11) is 0. The maximum atomic E-state index is 10.3. The Labute approximate surface area is 105 Å². The van der Waals surface area contributed by atoms with Crippen LogP contribution < -0.4 is 0 Å². The Hall–Kier alpha value is 0.650. The van der Waals surface area contributed by atoms with Gasteiger partial charge in [0.1, 0.15) is 0 Å². The number of ether oxygens (including phenoxy) is 2. The number of rotatable bonds is 5. The van der Waals surface area contributed by atoms with Crippen molar-refractivity contribution in [3.63, 3.8) is 0 Å². The number of carboxylic acid groups (broad SMARTS) is 1. The number of hydrogen-bond donors (Lipinski definition) is 1. The molecule has 4 nitrogen and oxygen atoms in total. The molecule has 0 aromatic rings. The van der Waals surface area contributed by atoms with Crippen LogP contribution in [0.25, 0.3) is 0 Å². The van der Waals surface area contributed by atoms with Crippen LogP contribution in [-0.4, -0.2) is 67.8 Å². The molecule has 0 saturated carbocycles. The van der Waals surface area contributed by atoms with Crippen molar-refractivity contribution in [1.82, 2.24) is 0 Å². The Morgan fingerprint density at radius 1 is 1.58 bits per heavy atom. The van der Waals surface area contributed by atoms with Crippen LogP contribution in [0.15, 0.2) is 0 Å². The third-order valence-electron chi connectivity index (χ3n) is 1.14. The number of carbonyl (C=O) groups is 1. The average molecular weight is 204 g/mol. The van der Waals surface area contributed by atoms with Crippen LogP contribution in [0, 0.1) is 0 Å². The average Bonchev–Trinajstić information content (AvgIpc) is 1.87. The number of carboxylic acids is 1. The van der Waals surface area contributed by atoms with Gasteiger partial charge in [-0.2, -0.15) is 0 Å². The topological polar surface area (TPSA) is 55.8 Å². The minimum absolute atomic E-state index is 0. The molecule has 0 heterocycles. The summed E-state index contributed by atoms with van der Waals surface area (Å²) in [4.78, 5) is 10.3. The minimum Gasteiger partial charge on any atom is -1.00 e. The largest absolute Gasteiger partial charge is 2.00 e. The van der Waals surface area contributed by atoms with Crippen molar-refractivity contribution in [1.29, 1.82) is 0 Å². The normalized spacial score (nSPS) is 14.6. The fourth-order valence-corrected chi connectivity index (χ4v) is 0.620. The molecule has 0 saturated heterocycles. The summed E-state index contributed by atoms with van der Waals surface area (Å²) >= 11 is 0. The van der Waals surface area contributed by atoms with E-state index < -0.39 is 18.4 Å². The van der Waals surface area contributed by atoms with E-state index in [0.29, 0.717) is 6.61 Å². The second kappa shape index (κ2) is 8.26. The Morgan fingerprint density at radius 2 is 2.08 bits per heavy atom. The zero-order valence-corrected chi connectivity index (χ0v) is 9.95. The van der Waals surface area contributed by atoms with Crippen molar-refractivity contribution < 1.29 is 22.2 Å². The van der Waals surface area contributed by atoms with Crippen LogP contribution in [0.4, 0.5) is 0 Å². The summed E-state index contributed by atoms with van der Waals surface area (Å²) in [5, 5.41) is 8.42. The second-order valence-corrected chi connectivity index (χ2v) is 2.14. The zero-order valence-electron chi connectivity index (χ0n) is 9.74. The summed E-state index contributed by atoms with van der Waals surface area (Å²) in [5.41, 5.74) is 0. The predicted octanol–water partition coefficient (Wildman–Crippen LogP) is 0.703. The van der Waals surface area contributed by atoms with Crippen LogP contribution in [0.2, 0.25) is 0 Å². The SMILES string of the molecule is CCOC(C)OC(C)C(=O)O.[Ca+2].[H-].[H-]. The van der Waals surface area contributed by atoms with E-state index in [1.807, 2.05) is 6.92 Å². The van der Waals surface area contributed by atoms with Gasteiger partial charge in [-0.25, -0.2) is 4.79 Å². The van der Waals surface area contributed by atoms with Crippen molar-refractivity contribution in [2.45, 2.75) is 33.2 Å². The van der Waals surface area contributed by atoms with E-state index in [1.165, 1.54) is 6.92 Å². The quantitative estimate of drug-likeness (QED) is 0.529. The molecule has 0 spiro atoms. The van der Waals surface area contributed by atoms with Gasteiger partial charge in [-0.15, -0.1) is 0 Å². The molecule has 1 N–H and O–H groups in total. The standard InChI is InChI=1S/C7H14O4.Ca.2H/c1-4-10-6(3)11-5(2)7(8)9;;;/h5-6H,4H2,1-3H3,(H,8,9);;;/q;+2;2*-1. The van der Waals surface area contributed by atoms with Crippen molar-refractivity contribution >= 4 is 43.7 Å². The molecule has 0 aromatic carbocycles. The summed E-state index contributed by atoms with van der Waals surface area (Å²) in [6.45, 7) is 5.49. The van der Waals surface area contributed by atoms with E-state index in [0.717, 1.165) is 0 Å².